The Morgan fingerprint density at radius 2 is 1.27 bits per heavy atom. The zero-order valence-corrected chi connectivity index (χ0v) is 39.1. The second-order valence-electron chi connectivity index (χ2n) is 15.9. The second-order valence-corrected chi connectivity index (χ2v) is 15.9. The van der Waals surface area contributed by atoms with Crippen molar-refractivity contribution in [2.45, 2.75) is 79.1 Å². The summed E-state index contributed by atoms with van der Waals surface area (Å²) in [6, 6.07) is 7.39. The lowest BCUT2D eigenvalue weighted by atomic mass is 9.98. The number of aromatic nitrogens is 5. The van der Waals surface area contributed by atoms with Crippen molar-refractivity contribution >= 4 is 62.2 Å². The number of amides is 1. The summed E-state index contributed by atoms with van der Waals surface area (Å²) >= 11 is 0. The normalized spacial score (nSPS) is 12.5. The Labute approximate surface area is 390 Å². The molecule has 0 fully saturated rings. The van der Waals surface area contributed by atoms with Crippen LogP contribution in [0.2, 0.25) is 0 Å². The Morgan fingerprint density at radius 1 is 0.687 bits per heavy atom. The van der Waals surface area contributed by atoms with Gasteiger partial charge in [-0.2, -0.15) is 0 Å². The van der Waals surface area contributed by atoms with Crippen LogP contribution in [0.1, 0.15) is 99.6 Å². The van der Waals surface area contributed by atoms with Crippen LogP contribution < -0.4 is 14.8 Å². The van der Waals surface area contributed by atoms with Gasteiger partial charge in [0.2, 0.25) is 0 Å². The van der Waals surface area contributed by atoms with Gasteiger partial charge in [-0.25, -0.2) is 9.97 Å². The van der Waals surface area contributed by atoms with Crippen molar-refractivity contribution in [2.75, 3.05) is 73.1 Å². The van der Waals surface area contributed by atoms with Crippen LogP contribution in [0.4, 0.5) is 0 Å². The van der Waals surface area contributed by atoms with Gasteiger partial charge in [-0.1, -0.05) is 13.8 Å². The van der Waals surface area contributed by atoms with E-state index in [0.717, 1.165) is 74.4 Å². The quantitative estimate of drug-likeness (QED) is 0.0371. The molecule has 0 spiro atoms. The Morgan fingerprint density at radius 3 is 1.91 bits per heavy atom. The molecule has 3 aromatic rings. The first-order chi connectivity index (χ1) is 32.4. The van der Waals surface area contributed by atoms with Crippen LogP contribution >= 0.6 is 0 Å². The molecular weight excluding hydrogens is 865 g/mol. The maximum Gasteiger partial charge on any atom is 0.317 e. The number of benzene rings is 1. The van der Waals surface area contributed by atoms with E-state index < -0.39 is 30.4 Å². The van der Waals surface area contributed by atoms with Crippen LogP contribution in [0.15, 0.2) is 36.7 Å². The lowest BCUT2D eigenvalue weighted by molar-refractivity contribution is -0.154. The predicted octanol–water partition coefficient (Wildman–Crippen LogP) is 6.13. The summed E-state index contributed by atoms with van der Waals surface area (Å²) in [5, 5.41) is 40.8. The number of nitrogens with zero attached hydrogens (tertiary/aromatic N) is 4. The van der Waals surface area contributed by atoms with Crippen molar-refractivity contribution in [1.29, 1.82) is 0 Å². The van der Waals surface area contributed by atoms with Crippen LogP contribution in [0.3, 0.4) is 0 Å². The maximum absolute atomic E-state index is 13.0. The SMILES string of the molecule is CCC1=C(CC)c2cc3[nH]c(cnc4cc(OCC(=O)NCCCC(C(=O)O)C(=O)O)c(OCCOCCOCCOC)cc4ncc4nc(cc1n2)C(CCCO)=C4C)c(C)c3CCCO. The summed E-state index contributed by atoms with van der Waals surface area (Å²) in [5.74, 6) is -4.57. The van der Waals surface area contributed by atoms with Crippen molar-refractivity contribution in [3.63, 3.8) is 0 Å². The first-order valence-electron chi connectivity index (χ1n) is 22.8. The van der Waals surface area contributed by atoms with Crippen molar-refractivity contribution < 1.29 is 58.5 Å². The number of carboxylic acid groups (broad SMARTS) is 2. The number of ether oxygens (including phenoxy) is 5. The molecule has 18 nitrogen and oxygen atoms in total. The molecule has 6 bridgehead atoms. The third-order valence-electron chi connectivity index (χ3n) is 11.4. The molecule has 67 heavy (non-hydrogen) atoms. The standard InChI is InChI=1S/C49H64N6O12/c1-6-32-33(7-2)38-24-40-35(13-10-16-57)31(4)44(55-40)28-52-42-26-46(67-29-47(58)50-14-8-11-36(48(59)60)49(61)62)45(66-22-21-65-20-19-64-18-17-63-5)25-41(42)51-27-43-30(3)34(12-9-15-56)39(54-43)23-37(32)53-38/h23-28,36,55-57H,6-22,29H2,1-5H3,(H,50,58)(H,59,60)(H,61,62). The number of hydrogen-bond acceptors (Lipinski definition) is 14. The number of methoxy groups -OCH3 is 1. The average molecular weight is 929 g/mol. The fourth-order valence-corrected chi connectivity index (χ4v) is 7.81. The van der Waals surface area contributed by atoms with E-state index >= 15 is 0 Å². The molecule has 0 aliphatic carbocycles. The molecule has 1 aromatic carbocycles. The Bertz CT molecular complexity index is 2470. The third kappa shape index (κ3) is 14.2. The number of aliphatic hydroxyl groups excluding tert-OH is 2. The van der Waals surface area contributed by atoms with Gasteiger partial charge in [0.1, 0.15) is 6.61 Å². The van der Waals surface area contributed by atoms with E-state index in [2.05, 4.69) is 30.2 Å². The first kappa shape index (κ1) is 51.9. The van der Waals surface area contributed by atoms with Gasteiger partial charge in [0.05, 0.1) is 84.8 Å². The van der Waals surface area contributed by atoms with Crippen LogP contribution in [-0.2, 0) is 35.0 Å². The molecule has 0 unspecified atom stereocenters. The minimum Gasteiger partial charge on any atom is -0.487 e. The molecule has 0 radical (unpaired) electrons. The number of aryl methyl sites for hydroxylation is 2. The molecule has 18 heteroatoms. The molecule has 1 amide bonds. The van der Waals surface area contributed by atoms with E-state index in [4.69, 9.17) is 43.6 Å². The Kier molecular flexibility index (Phi) is 20.4. The minimum atomic E-state index is -1.58. The third-order valence-corrected chi connectivity index (χ3v) is 11.4. The maximum atomic E-state index is 13.0. The Balaban J connectivity index is 1.65. The fourth-order valence-electron chi connectivity index (χ4n) is 7.81. The van der Waals surface area contributed by atoms with Gasteiger partial charge in [0.25, 0.3) is 5.91 Å². The van der Waals surface area contributed by atoms with Crippen LogP contribution in [-0.4, -0.2) is 136 Å². The molecule has 6 N–H and O–H groups in total. The molecule has 2 aliphatic rings. The topological polar surface area (TPSA) is 258 Å². The molecule has 0 saturated heterocycles. The first-order valence-corrected chi connectivity index (χ1v) is 22.8. The number of aliphatic hydroxyl groups is 2. The number of hydrogen-bond donors (Lipinski definition) is 6. The summed E-state index contributed by atoms with van der Waals surface area (Å²) in [5.41, 5.74) is 11.6. The number of fused-ring (bicyclic) bond motifs is 7. The van der Waals surface area contributed by atoms with Crippen LogP contribution in [0.5, 0.6) is 11.5 Å². The lowest BCUT2D eigenvalue weighted by Gasteiger charge is -2.14. The van der Waals surface area contributed by atoms with Crippen molar-refractivity contribution in [3.8, 4) is 11.5 Å². The van der Waals surface area contributed by atoms with Crippen LogP contribution in [0, 0.1) is 12.8 Å². The van der Waals surface area contributed by atoms with E-state index in [-0.39, 0.29) is 57.3 Å². The minimum absolute atomic E-state index is 0.0189. The summed E-state index contributed by atoms with van der Waals surface area (Å²) in [6.07, 6.45) is 7.18. The molecule has 5 rings (SSSR count). The van der Waals surface area contributed by atoms with Gasteiger partial charge in [-0.05, 0) is 111 Å². The van der Waals surface area contributed by atoms with Crippen molar-refractivity contribution in [3.05, 3.63) is 70.6 Å². The second kappa shape index (κ2) is 26.3. The number of aromatic amines is 1. The molecule has 0 saturated carbocycles. The number of H-pyrrole nitrogens is 1. The monoisotopic (exact) mass is 928 g/mol. The highest BCUT2D eigenvalue weighted by molar-refractivity contribution is 5.95. The highest BCUT2D eigenvalue weighted by Crippen LogP contribution is 2.38. The number of nitrogens with one attached hydrogen (secondary N) is 2. The summed E-state index contributed by atoms with van der Waals surface area (Å²) in [6.45, 7) is 9.78. The number of rotatable bonds is 27. The largest absolute Gasteiger partial charge is 0.487 e. The van der Waals surface area contributed by atoms with Gasteiger partial charge >= 0.3 is 11.9 Å². The van der Waals surface area contributed by atoms with E-state index in [0.29, 0.717) is 68.8 Å². The van der Waals surface area contributed by atoms with Crippen LogP contribution in [0.25, 0.3) is 44.4 Å². The zero-order chi connectivity index (χ0) is 48.3. The fraction of sp³-hybridized carbons (Fsp3) is 0.490. The highest BCUT2D eigenvalue weighted by atomic mass is 16.6. The smallest absolute Gasteiger partial charge is 0.317 e. The number of carboxylic acids is 2. The molecule has 0 atom stereocenters. The molecule has 2 aliphatic heterocycles. The number of carbonyl (C=O) groups excluding carboxylic acids is 1. The molecular formula is C49H64N6O12. The summed E-state index contributed by atoms with van der Waals surface area (Å²) in [7, 11) is 1.60. The van der Waals surface area contributed by atoms with E-state index in [9.17, 15) is 34.8 Å². The zero-order valence-electron chi connectivity index (χ0n) is 39.1. The molecule has 4 heterocycles. The lowest BCUT2D eigenvalue weighted by Crippen LogP contribution is -2.31. The van der Waals surface area contributed by atoms with E-state index in [1.807, 2.05) is 19.9 Å². The number of allylic oxidation sites excluding steroid dienone is 4. The van der Waals surface area contributed by atoms with Crippen molar-refractivity contribution in [1.82, 2.24) is 30.2 Å². The highest BCUT2D eigenvalue weighted by Gasteiger charge is 2.25. The average Bonchev–Trinajstić information content (AvgIpc) is 3.91. The van der Waals surface area contributed by atoms with Gasteiger partial charge in [0, 0.05) is 44.5 Å². The van der Waals surface area contributed by atoms with Gasteiger partial charge in [-0.3, -0.25) is 24.4 Å². The van der Waals surface area contributed by atoms with E-state index in [1.165, 1.54) is 0 Å². The summed E-state index contributed by atoms with van der Waals surface area (Å²) in [4.78, 5) is 59.3. The summed E-state index contributed by atoms with van der Waals surface area (Å²) < 4.78 is 28.5. The van der Waals surface area contributed by atoms with Crippen molar-refractivity contribution in [2.24, 2.45) is 5.92 Å². The van der Waals surface area contributed by atoms with E-state index in [1.54, 1.807) is 31.6 Å². The van der Waals surface area contributed by atoms with Gasteiger partial charge in [0.15, 0.2) is 24.0 Å². The number of aliphatic carboxylic acids is 2. The molecule has 2 aromatic heterocycles. The van der Waals surface area contributed by atoms with Gasteiger partial charge in [-0.15, -0.1) is 0 Å². The predicted molar refractivity (Wildman–Crippen MR) is 253 cm³/mol. The molecule has 362 valence electrons. The van der Waals surface area contributed by atoms with Gasteiger partial charge < -0.3 is 54.4 Å². The Hall–Kier alpha value is -6.05. The number of carbonyl (C=O) groups is 3.